The Morgan fingerprint density at radius 2 is 1.96 bits per heavy atom. The normalized spacial score (nSPS) is 13.6. The molecule has 1 unspecified atom stereocenters. The summed E-state index contributed by atoms with van der Waals surface area (Å²) in [6.07, 6.45) is -0.862. The quantitative estimate of drug-likeness (QED) is 0.739. The molecule has 7 heteroatoms. The van der Waals surface area contributed by atoms with Crippen molar-refractivity contribution in [3.05, 3.63) is 48.0 Å². The summed E-state index contributed by atoms with van der Waals surface area (Å²) in [6.45, 7) is 3.43. The van der Waals surface area contributed by atoms with E-state index in [0.717, 1.165) is 0 Å². The largest absolute Gasteiger partial charge is 0.492 e. The molecular formula is C19H22N2O5. The second kappa shape index (κ2) is 8.44. The molecule has 1 heterocycles. The predicted molar refractivity (Wildman–Crippen MR) is 97.0 cm³/mol. The van der Waals surface area contributed by atoms with E-state index in [2.05, 4.69) is 10.6 Å². The SMILES string of the molecule is CCOc1ccccc1NC(=O)NCC(O)c1ccc2c(c1)OCCO2. The zero-order chi connectivity index (χ0) is 18.4. The highest BCUT2D eigenvalue weighted by Crippen LogP contribution is 2.32. The van der Waals surface area contributed by atoms with E-state index in [-0.39, 0.29) is 6.54 Å². The Morgan fingerprint density at radius 3 is 2.77 bits per heavy atom. The van der Waals surface area contributed by atoms with Crippen LogP contribution in [0.2, 0.25) is 0 Å². The molecule has 0 radical (unpaired) electrons. The van der Waals surface area contributed by atoms with Gasteiger partial charge in [-0.3, -0.25) is 0 Å². The van der Waals surface area contributed by atoms with Crippen LogP contribution < -0.4 is 24.8 Å². The Morgan fingerprint density at radius 1 is 1.19 bits per heavy atom. The number of aliphatic hydroxyl groups excluding tert-OH is 1. The van der Waals surface area contributed by atoms with E-state index in [9.17, 15) is 9.90 Å². The first-order valence-corrected chi connectivity index (χ1v) is 8.51. The van der Waals surface area contributed by atoms with Gasteiger partial charge in [0.2, 0.25) is 0 Å². The number of nitrogens with one attached hydrogen (secondary N) is 2. The van der Waals surface area contributed by atoms with E-state index >= 15 is 0 Å². The van der Waals surface area contributed by atoms with Crippen LogP contribution in [-0.4, -0.2) is 37.5 Å². The highest BCUT2D eigenvalue weighted by Gasteiger charge is 2.16. The zero-order valence-corrected chi connectivity index (χ0v) is 14.5. The summed E-state index contributed by atoms with van der Waals surface area (Å²) in [4.78, 5) is 12.1. The van der Waals surface area contributed by atoms with Gasteiger partial charge in [-0.2, -0.15) is 0 Å². The Labute approximate surface area is 151 Å². The molecule has 2 aromatic rings. The molecular weight excluding hydrogens is 336 g/mol. The smallest absolute Gasteiger partial charge is 0.319 e. The average Bonchev–Trinajstić information content (AvgIpc) is 2.67. The maximum Gasteiger partial charge on any atom is 0.319 e. The van der Waals surface area contributed by atoms with Crippen LogP contribution in [0.5, 0.6) is 17.2 Å². The lowest BCUT2D eigenvalue weighted by Crippen LogP contribution is -2.32. The van der Waals surface area contributed by atoms with Crippen LogP contribution in [0.25, 0.3) is 0 Å². The Kier molecular flexibility index (Phi) is 5.80. The van der Waals surface area contributed by atoms with E-state index in [0.29, 0.717) is 48.3 Å². The number of benzene rings is 2. The van der Waals surface area contributed by atoms with Gasteiger partial charge in [-0.05, 0) is 36.8 Å². The minimum atomic E-state index is -0.862. The first kappa shape index (κ1) is 17.9. The molecule has 0 aromatic heterocycles. The summed E-state index contributed by atoms with van der Waals surface area (Å²) in [5.74, 6) is 1.85. The van der Waals surface area contributed by atoms with Gasteiger partial charge in [-0.1, -0.05) is 18.2 Å². The van der Waals surface area contributed by atoms with Crippen molar-refractivity contribution in [1.29, 1.82) is 0 Å². The number of anilines is 1. The Bertz CT molecular complexity index is 765. The zero-order valence-electron chi connectivity index (χ0n) is 14.5. The average molecular weight is 358 g/mol. The van der Waals surface area contributed by atoms with Crippen molar-refractivity contribution in [1.82, 2.24) is 5.32 Å². The maximum absolute atomic E-state index is 12.1. The molecule has 0 saturated carbocycles. The third-order valence-electron chi connectivity index (χ3n) is 3.84. The number of para-hydroxylation sites is 2. The lowest BCUT2D eigenvalue weighted by atomic mass is 10.1. The summed E-state index contributed by atoms with van der Waals surface area (Å²) < 4.78 is 16.4. The summed E-state index contributed by atoms with van der Waals surface area (Å²) in [5.41, 5.74) is 1.21. The first-order valence-electron chi connectivity index (χ1n) is 8.51. The van der Waals surface area contributed by atoms with Crippen molar-refractivity contribution in [3.63, 3.8) is 0 Å². The number of carbonyl (C=O) groups excluding carboxylic acids is 1. The molecule has 2 aromatic carbocycles. The van der Waals surface area contributed by atoms with Crippen LogP contribution in [0.15, 0.2) is 42.5 Å². The van der Waals surface area contributed by atoms with Crippen molar-refractivity contribution in [2.45, 2.75) is 13.0 Å². The molecule has 0 aliphatic carbocycles. The van der Waals surface area contributed by atoms with Gasteiger partial charge in [0.05, 0.1) is 18.4 Å². The molecule has 1 aliphatic rings. The van der Waals surface area contributed by atoms with E-state index in [1.54, 1.807) is 30.3 Å². The fourth-order valence-electron chi connectivity index (χ4n) is 2.59. The second-order valence-electron chi connectivity index (χ2n) is 5.68. The molecule has 3 rings (SSSR count). The first-order chi connectivity index (χ1) is 12.7. The predicted octanol–water partition coefficient (Wildman–Crippen LogP) is 2.71. The van der Waals surface area contributed by atoms with Gasteiger partial charge < -0.3 is 30.0 Å². The van der Waals surface area contributed by atoms with E-state index < -0.39 is 12.1 Å². The number of ether oxygens (including phenoxy) is 3. The summed E-state index contributed by atoms with van der Waals surface area (Å²) in [7, 11) is 0. The van der Waals surface area contributed by atoms with Gasteiger partial charge in [-0.15, -0.1) is 0 Å². The summed E-state index contributed by atoms with van der Waals surface area (Å²) in [5, 5.41) is 15.7. The third kappa shape index (κ3) is 4.37. The molecule has 26 heavy (non-hydrogen) atoms. The molecule has 1 atom stereocenters. The lowest BCUT2D eigenvalue weighted by Gasteiger charge is -2.20. The van der Waals surface area contributed by atoms with Crippen molar-refractivity contribution >= 4 is 11.7 Å². The van der Waals surface area contributed by atoms with Gasteiger partial charge >= 0.3 is 6.03 Å². The number of fused-ring (bicyclic) bond motifs is 1. The molecule has 1 aliphatic heterocycles. The number of amides is 2. The third-order valence-corrected chi connectivity index (χ3v) is 3.84. The Hall–Kier alpha value is -2.93. The fourth-order valence-corrected chi connectivity index (χ4v) is 2.59. The van der Waals surface area contributed by atoms with Crippen molar-refractivity contribution < 1.29 is 24.1 Å². The molecule has 2 amide bonds. The van der Waals surface area contributed by atoms with Crippen LogP contribution >= 0.6 is 0 Å². The number of urea groups is 1. The fraction of sp³-hybridized carbons (Fsp3) is 0.316. The minimum Gasteiger partial charge on any atom is -0.492 e. The van der Waals surface area contributed by atoms with E-state index in [1.165, 1.54) is 0 Å². The number of hydrogen-bond acceptors (Lipinski definition) is 5. The minimum absolute atomic E-state index is 0.0578. The lowest BCUT2D eigenvalue weighted by molar-refractivity contribution is 0.163. The molecule has 7 nitrogen and oxygen atoms in total. The molecule has 0 spiro atoms. The monoisotopic (exact) mass is 358 g/mol. The molecule has 0 bridgehead atoms. The Balaban J connectivity index is 1.56. The van der Waals surface area contributed by atoms with Crippen molar-refractivity contribution in [3.8, 4) is 17.2 Å². The van der Waals surface area contributed by atoms with Crippen LogP contribution in [-0.2, 0) is 0 Å². The number of aliphatic hydroxyl groups is 1. The van der Waals surface area contributed by atoms with Gasteiger partial charge in [0.1, 0.15) is 19.0 Å². The van der Waals surface area contributed by atoms with E-state index in [4.69, 9.17) is 14.2 Å². The highest BCUT2D eigenvalue weighted by molar-refractivity contribution is 5.90. The van der Waals surface area contributed by atoms with E-state index in [1.807, 2.05) is 19.1 Å². The van der Waals surface area contributed by atoms with Crippen LogP contribution in [0.3, 0.4) is 0 Å². The van der Waals surface area contributed by atoms with Crippen LogP contribution in [0.1, 0.15) is 18.6 Å². The number of carbonyl (C=O) groups is 1. The van der Waals surface area contributed by atoms with Crippen LogP contribution in [0, 0.1) is 0 Å². The standard InChI is InChI=1S/C19H22N2O5/c1-2-24-16-6-4-3-5-14(16)21-19(23)20-12-15(22)13-7-8-17-18(11-13)26-10-9-25-17/h3-8,11,15,22H,2,9-10,12H2,1H3,(H2,20,21,23). The highest BCUT2D eigenvalue weighted by atomic mass is 16.6. The van der Waals surface area contributed by atoms with Gasteiger partial charge in [0.15, 0.2) is 11.5 Å². The number of rotatable bonds is 6. The van der Waals surface area contributed by atoms with Gasteiger partial charge in [0, 0.05) is 6.54 Å². The van der Waals surface area contributed by atoms with Gasteiger partial charge in [0.25, 0.3) is 0 Å². The number of hydrogen-bond donors (Lipinski definition) is 3. The molecule has 0 saturated heterocycles. The summed E-state index contributed by atoms with van der Waals surface area (Å²) >= 11 is 0. The van der Waals surface area contributed by atoms with Gasteiger partial charge in [-0.25, -0.2) is 4.79 Å². The van der Waals surface area contributed by atoms with Crippen molar-refractivity contribution in [2.75, 3.05) is 31.7 Å². The van der Waals surface area contributed by atoms with Crippen LogP contribution in [0.4, 0.5) is 10.5 Å². The maximum atomic E-state index is 12.1. The topological polar surface area (TPSA) is 89.1 Å². The second-order valence-corrected chi connectivity index (χ2v) is 5.68. The summed E-state index contributed by atoms with van der Waals surface area (Å²) in [6, 6.07) is 12.0. The van der Waals surface area contributed by atoms with Crippen molar-refractivity contribution in [2.24, 2.45) is 0 Å². The molecule has 138 valence electrons. The molecule has 3 N–H and O–H groups in total. The molecule has 0 fully saturated rings.